The van der Waals surface area contributed by atoms with Gasteiger partial charge in [0.1, 0.15) is 0 Å². The van der Waals surface area contributed by atoms with E-state index in [9.17, 15) is 0 Å². The molecule has 2 heteroatoms. The van der Waals surface area contributed by atoms with Crippen LogP contribution in [0.2, 0.25) is 0 Å². The van der Waals surface area contributed by atoms with Crippen molar-refractivity contribution < 1.29 is 8.97 Å². The Morgan fingerprint density at radius 1 is 0.632 bits per heavy atom. The molecule has 0 bridgehead atoms. The van der Waals surface area contributed by atoms with Crippen molar-refractivity contribution in [3.8, 4) is 0 Å². The fourth-order valence-corrected chi connectivity index (χ4v) is 4.72. The summed E-state index contributed by atoms with van der Waals surface area (Å²) in [6, 6.07) is 0. The molecule has 0 amide bonds. The average molecular weight is 268 g/mol. The Bertz CT molecular complexity index is 286. The number of hydrogen-bond donors (Lipinski definition) is 0. The Kier molecular flexibility index (Phi) is 3.81. The highest BCUT2D eigenvalue weighted by Gasteiger charge is 2.51. The van der Waals surface area contributed by atoms with Crippen LogP contribution in [0.1, 0.15) is 59.8 Å². The van der Waals surface area contributed by atoms with Gasteiger partial charge in [-0.05, 0) is 27.7 Å². The molecular weight excluding hydrogens is 232 g/mol. The highest BCUT2D eigenvalue weighted by Crippen LogP contribution is 2.40. The minimum Gasteiger partial charge on any atom is -0.321 e. The third-order valence-electron chi connectivity index (χ3n) is 6.89. The van der Waals surface area contributed by atoms with Crippen molar-refractivity contribution in [3.63, 3.8) is 0 Å². The van der Waals surface area contributed by atoms with Crippen LogP contribution < -0.4 is 0 Å². The molecule has 2 rings (SSSR count). The Balaban J connectivity index is 2.14. The number of likely N-dealkylation sites (tertiary alicyclic amines) is 2. The Morgan fingerprint density at radius 3 is 1.16 bits per heavy atom. The molecular formula is C17H36N2+2. The smallest absolute Gasteiger partial charge is 0.0993 e. The fraction of sp³-hybridized carbons (Fsp3) is 1.00. The van der Waals surface area contributed by atoms with Crippen LogP contribution in [0, 0.1) is 0 Å². The molecule has 2 fully saturated rings. The van der Waals surface area contributed by atoms with E-state index in [2.05, 4.69) is 41.8 Å². The van der Waals surface area contributed by atoms with Crippen LogP contribution in [0.25, 0.3) is 0 Å². The molecule has 0 spiro atoms. The maximum absolute atomic E-state index is 2.52. The highest BCUT2D eigenvalue weighted by atomic mass is 15.4. The van der Waals surface area contributed by atoms with Crippen molar-refractivity contribution in [2.24, 2.45) is 0 Å². The van der Waals surface area contributed by atoms with Crippen molar-refractivity contribution in [2.75, 3.05) is 40.3 Å². The molecule has 0 aromatic rings. The van der Waals surface area contributed by atoms with Crippen molar-refractivity contribution in [2.45, 2.75) is 70.9 Å². The van der Waals surface area contributed by atoms with Crippen LogP contribution >= 0.6 is 0 Å². The molecule has 0 aromatic heterocycles. The van der Waals surface area contributed by atoms with Crippen LogP contribution in [0.15, 0.2) is 0 Å². The molecule has 2 aliphatic rings. The zero-order valence-corrected chi connectivity index (χ0v) is 14.3. The topological polar surface area (TPSA) is 0 Å². The van der Waals surface area contributed by atoms with Crippen LogP contribution in [-0.4, -0.2) is 60.3 Å². The second-order valence-electron chi connectivity index (χ2n) is 8.90. The van der Waals surface area contributed by atoms with Crippen molar-refractivity contribution in [1.82, 2.24) is 0 Å². The lowest BCUT2D eigenvalue weighted by molar-refractivity contribution is -0.970. The first kappa shape index (κ1) is 15.3. The molecule has 2 nitrogen and oxygen atoms in total. The molecule has 2 saturated heterocycles. The van der Waals surface area contributed by atoms with E-state index in [0.29, 0.717) is 11.1 Å². The van der Waals surface area contributed by atoms with Gasteiger partial charge < -0.3 is 8.97 Å². The van der Waals surface area contributed by atoms with Crippen LogP contribution in [0.3, 0.4) is 0 Å². The molecule has 2 heterocycles. The van der Waals surface area contributed by atoms with E-state index in [0.717, 1.165) is 0 Å². The van der Waals surface area contributed by atoms with Gasteiger partial charge in [-0.25, -0.2) is 0 Å². The van der Waals surface area contributed by atoms with Crippen molar-refractivity contribution >= 4 is 0 Å². The van der Waals surface area contributed by atoms with Gasteiger partial charge in [0.15, 0.2) is 0 Å². The zero-order valence-electron chi connectivity index (χ0n) is 14.3. The molecule has 112 valence electrons. The lowest BCUT2D eigenvalue weighted by Gasteiger charge is -2.52. The molecule has 0 radical (unpaired) electrons. The lowest BCUT2D eigenvalue weighted by Crippen LogP contribution is -2.65. The van der Waals surface area contributed by atoms with E-state index in [1.165, 1.54) is 67.2 Å². The van der Waals surface area contributed by atoms with Gasteiger partial charge in [-0.1, -0.05) is 0 Å². The number of rotatable bonds is 4. The van der Waals surface area contributed by atoms with Gasteiger partial charge in [0, 0.05) is 25.7 Å². The number of hydrogen-bond acceptors (Lipinski definition) is 0. The van der Waals surface area contributed by atoms with Gasteiger partial charge in [0.25, 0.3) is 0 Å². The first-order valence-corrected chi connectivity index (χ1v) is 8.31. The summed E-state index contributed by atoms with van der Waals surface area (Å²) < 4.78 is 2.58. The maximum atomic E-state index is 2.52. The molecule has 0 N–H and O–H groups in total. The van der Waals surface area contributed by atoms with Gasteiger partial charge in [-0.3, -0.25) is 0 Å². The summed E-state index contributed by atoms with van der Waals surface area (Å²) in [5.74, 6) is 0. The second-order valence-corrected chi connectivity index (χ2v) is 8.90. The molecule has 0 aliphatic carbocycles. The minimum absolute atomic E-state index is 0.407. The second kappa shape index (κ2) is 4.73. The van der Waals surface area contributed by atoms with E-state index >= 15 is 0 Å². The maximum Gasteiger partial charge on any atom is 0.0993 e. The molecule has 0 unspecified atom stereocenters. The van der Waals surface area contributed by atoms with Crippen molar-refractivity contribution in [1.29, 1.82) is 0 Å². The van der Waals surface area contributed by atoms with E-state index in [1.807, 2.05) is 0 Å². The first-order chi connectivity index (χ1) is 8.62. The molecule has 0 aromatic carbocycles. The highest BCUT2D eigenvalue weighted by molar-refractivity contribution is 4.84. The largest absolute Gasteiger partial charge is 0.321 e. The van der Waals surface area contributed by atoms with Crippen LogP contribution in [0.4, 0.5) is 0 Å². The predicted octanol–water partition coefficient (Wildman–Crippen LogP) is 3.41. The summed E-state index contributed by atoms with van der Waals surface area (Å²) in [5.41, 5.74) is 0.813. The Morgan fingerprint density at radius 2 is 0.895 bits per heavy atom. The van der Waals surface area contributed by atoms with E-state index in [-0.39, 0.29) is 0 Å². The van der Waals surface area contributed by atoms with Gasteiger partial charge in [0.05, 0.1) is 57.8 Å². The van der Waals surface area contributed by atoms with Crippen molar-refractivity contribution in [3.05, 3.63) is 0 Å². The summed E-state index contributed by atoms with van der Waals surface area (Å²) in [6.07, 6.45) is 7.03. The van der Waals surface area contributed by atoms with E-state index in [1.54, 1.807) is 0 Å². The fourth-order valence-electron chi connectivity index (χ4n) is 4.72. The Hall–Kier alpha value is -0.0800. The standard InChI is InChI=1S/C17H36N2/c1-16(2,18(5)11-7-8-12-18)15-17(3,4)19(6)13-9-10-14-19/h7-15H2,1-6H3/q+2. The van der Waals surface area contributed by atoms with Gasteiger partial charge in [0.2, 0.25) is 0 Å². The average Bonchev–Trinajstić information content (AvgIpc) is 2.87. The summed E-state index contributed by atoms with van der Waals surface area (Å²) >= 11 is 0. The van der Waals surface area contributed by atoms with Gasteiger partial charge >= 0.3 is 0 Å². The third kappa shape index (κ3) is 2.58. The summed E-state index contributed by atoms with van der Waals surface area (Å²) in [5, 5.41) is 0. The summed E-state index contributed by atoms with van der Waals surface area (Å²) in [7, 11) is 4.99. The predicted molar refractivity (Wildman–Crippen MR) is 83.1 cm³/mol. The third-order valence-corrected chi connectivity index (χ3v) is 6.89. The van der Waals surface area contributed by atoms with E-state index < -0.39 is 0 Å². The number of quaternary nitrogens is 2. The zero-order chi connectivity index (χ0) is 14.4. The molecule has 19 heavy (non-hydrogen) atoms. The Labute approximate surface area is 121 Å². The lowest BCUT2D eigenvalue weighted by atomic mass is 9.82. The van der Waals surface area contributed by atoms with Crippen LogP contribution in [-0.2, 0) is 0 Å². The quantitative estimate of drug-likeness (QED) is 0.685. The van der Waals surface area contributed by atoms with E-state index in [4.69, 9.17) is 0 Å². The number of nitrogens with zero attached hydrogens (tertiary/aromatic N) is 2. The first-order valence-electron chi connectivity index (χ1n) is 8.31. The van der Waals surface area contributed by atoms with Crippen LogP contribution in [0.5, 0.6) is 0 Å². The SMILES string of the molecule is CC(C)(CC(C)(C)[N+]1(C)CCCC1)[N+]1(C)CCCC1. The van der Waals surface area contributed by atoms with Gasteiger partial charge in [-0.15, -0.1) is 0 Å². The molecule has 0 saturated carbocycles. The molecule has 0 atom stereocenters. The summed E-state index contributed by atoms with van der Waals surface area (Å²) in [6.45, 7) is 15.6. The normalized spacial score (nSPS) is 26.8. The summed E-state index contributed by atoms with van der Waals surface area (Å²) in [4.78, 5) is 0. The minimum atomic E-state index is 0.407. The molecule has 2 aliphatic heterocycles. The van der Waals surface area contributed by atoms with Gasteiger partial charge in [-0.2, -0.15) is 0 Å². The monoisotopic (exact) mass is 268 g/mol.